The Morgan fingerprint density at radius 3 is 2.36 bits per heavy atom. The van der Waals surface area contributed by atoms with Crippen LogP contribution in [0.1, 0.15) is 24.4 Å². The summed E-state index contributed by atoms with van der Waals surface area (Å²) in [6.07, 6.45) is -4.62. The molecule has 0 saturated carbocycles. The summed E-state index contributed by atoms with van der Waals surface area (Å²) in [6, 6.07) is 10.4. The summed E-state index contributed by atoms with van der Waals surface area (Å²) in [5.41, 5.74) is 1.02. The molecular weight excluding hydrogens is 335 g/mol. The average molecular weight is 351 g/mol. The lowest BCUT2D eigenvalue weighted by Gasteiger charge is -2.26. The van der Waals surface area contributed by atoms with Crippen LogP contribution in [0.15, 0.2) is 36.4 Å². The molecule has 0 fully saturated rings. The van der Waals surface area contributed by atoms with Gasteiger partial charge in [0.25, 0.3) is 5.82 Å². The molecule has 0 bridgehead atoms. The lowest BCUT2D eigenvalue weighted by molar-refractivity contribution is -0.146. The number of halogens is 3. The van der Waals surface area contributed by atoms with E-state index in [1.165, 1.54) is 6.07 Å². The largest absolute Gasteiger partial charge is 0.497 e. The van der Waals surface area contributed by atoms with Crippen LogP contribution in [0.25, 0.3) is 5.65 Å². The maximum atomic E-state index is 13.0. The predicted molar refractivity (Wildman–Crippen MR) is 85.6 cm³/mol. The minimum Gasteiger partial charge on any atom is -0.497 e. The van der Waals surface area contributed by atoms with Gasteiger partial charge in [0.2, 0.25) is 0 Å². The van der Waals surface area contributed by atoms with Gasteiger partial charge in [-0.3, -0.25) is 0 Å². The van der Waals surface area contributed by atoms with Gasteiger partial charge in [0, 0.05) is 7.05 Å². The number of nitrogens with zero attached hydrogens (tertiary/aromatic N) is 5. The third-order valence-electron chi connectivity index (χ3n) is 4.04. The highest BCUT2D eigenvalue weighted by Crippen LogP contribution is 2.29. The van der Waals surface area contributed by atoms with E-state index < -0.39 is 12.0 Å². The first-order chi connectivity index (χ1) is 11.8. The Kier molecular flexibility index (Phi) is 4.23. The van der Waals surface area contributed by atoms with Gasteiger partial charge in [0.05, 0.1) is 13.2 Å². The zero-order chi connectivity index (χ0) is 18.2. The van der Waals surface area contributed by atoms with Crippen LogP contribution in [0.2, 0.25) is 0 Å². The van der Waals surface area contributed by atoms with Crippen molar-refractivity contribution in [3.8, 4) is 5.75 Å². The number of aromatic nitrogens is 4. The first-order valence-corrected chi connectivity index (χ1v) is 7.47. The Morgan fingerprint density at radius 2 is 1.76 bits per heavy atom. The number of hydrogen-bond donors (Lipinski definition) is 0. The number of anilines is 1. The van der Waals surface area contributed by atoms with Gasteiger partial charge in [-0.25, -0.2) is 0 Å². The minimum absolute atomic E-state index is 0.0431. The Hall–Kier alpha value is -2.84. The monoisotopic (exact) mass is 351 g/mol. The van der Waals surface area contributed by atoms with Crippen molar-refractivity contribution < 1.29 is 17.9 Å². The van der Waals surface area contributed by atoms with E-state index in [4.69, 9.17) is 4.74 Å². The normalized spacial score (nSPS) is 13.0. The van der Waals surface area contributed by atoms with Crippen molar-refractivity contribution in [2.24, 2.45) is 0 Å². The molecule has 0 aliphatic carbocycles. The molecule has 0 aliphatic rings. The predicted octanol–water partition coefficient (Wildman–Crippen LogP) is 3.35. The first-order valence-electron chi connectivity index (χ1n) is 7.47. The lowest BCUT2D eigenvalue weighted by atomic mass is 10.1. The highest BCUT2D eigenvalue weighted by Gasteiger charge is 2.37. The topological polar surface area (TPSA) is 55.5 Å². The first kappa shape index (κ1) is 17.0. The molecule has 6 nitrogen and oxygen atoms in total. The Morgan fingerprint density at radius 1 is 1.08 bits per heavy atom. The van der Waals surface area contributed by atoms with E-state index in [1.807, 2.05) is 31.2 Å². The molecule has 0 N–H and O–H groups in total. The van der Waals surface area contributed by atoms with Crippen LogP contribution in [0.3, 0.4) is 0 Å². The summed E-state index contributed by atoms with van der Waals surface area (Å²) >= 11 is 0. The third kappa shape index (κ3) is 3.21. The number of ether oxygens (including phenoxy) is 1. The molecule has 0 aliphatic heterocycles. The van der Waals surface area contributed by atoms with Crippen LogP contribution in [0, 0.1) is 0 Å². The number of alkyl halides is 3. The summed E-state index contributed by atoms with van der Waals surface area (Å²) in [4.78, 5) is 1.78. The van der Waals surface area contributed by atoms with Gasteiger partial charge in [-0.1, -0.05) is 12.1 Å². The lowest BCUT2D eigenvalue weighted by Crippen LogP contribution is -2.24. The van der Waals surface area contributed by atoms with Crippen molar-refractivity contribution in [3.05, 3.63) is 47.8 Å². The van der Waals surface area contributed by atoms with Gasteiger partial charge in [-0.15, -0.1) is 15.3 Å². The van der Waals surface area contributed by atoms with Gasteiger partial charge in [-0.05, 0) is 36.8 Å². The zero-order valence-electron chi connectivity index (χ0n) is 13.8. The summed E-state index contributed by atoms with van der Waals surface area (Å²) in [7, 11) is 3.35. The molecule has 25 heavy (non-hydrogen) atoms. The van der Waals surface area contributed by atoms with Crippen molar-refractivity contribution in [2.45, 2.75) is 19.1 Å². The molecule has 1 atom stereocenters. The molecule has 1 aromatic carbocycles. The molecule has 1 unspecified atom stereocenters. The van der Waals surface area contributed by atoms with Crippen LogP contribution in [-0.2, 0) is 6.18 Å². The van der Waals surface area contributed by atoms with Crippen molar-refractivity contribution in [3.63, 3.8) is 0 Å². The van der Waals surface area contributed by atoms with Crippen molar-refractivity contribution in [1.82, 2.24) is 19.8 Å². The number of hydrogen-bond acceptors (Lipinski definition) is 5. The highest BCUT2D eigenvalue weighted by atomic mass is 19.4. The quantitative estimate of drug-likeness (QED) is 0.722. The summed E-state index contributed by atoms with van der Waals surface area (Å²) < 4.78 is 44.8. The van der Waals surface area contributed by atoms with Crippen LogP contribution in [-0.4, -0.2) is 34.0 Å². The summed E-state index contributed by atoms with van der Waals surface area (Å²) in [5, 5.41) is 10.7. The van der Waals surface area contributed by atoms with Crippen molar-refractivity contribution in [1.29, 1.82) is 0 Å². The van der Waals surface area contributed by atoms with E-state index in [0.717, 1.165) is 11.3 Å². The van der Waals surface area contributed by atoms with Gasteiger partial charge in [0.15, 0.2) is 5.65 Å². The van der Waals surface area contributed by atoms with Gasteiger partial charge in [0.1, 0.15) is 11.6 Å². The van der Waals surface area contributed by atoms with Gasteiger partial charge >= 0.3 is 6.18 Å². The second kappa shape index (κ2) is 6.23. The molecule has 132 valence electrons. The van der Waals surface area contributed by atoms with Gasteiger partial charge in [-0.2, -0.15) is 17.7 Å². The minimum atomic E-state index is -4.62. The molecule has 0 saturated heterocycles. The van der Waals surface area contributed by atoms with E-state index in [1.54, 1.807) is 25.1 Å². The summed E-state index contributed by atoms with van der Waals surface area (Å²) in [6.45, 7) is 1.94. The SMILES string of the molecule is COc1ccc(C(C)N(C)c2ccc3nnc(C(F)(F)F)n3n2)cc1. The van der Waals surface area contributed by atoms with Crippen molar-refractivity contribution in [2.75, 3.05) is 19.1 Å². The van der Waals surface area contributed by atoms with E-state index in [9.17, 15) is 13.2 Å². The van der Waals surface area contributed by atoms with Gasteiger partial charge < -0.3 is 9.64 Å². The molecule has 0 radical (unpaired) electrons. The number of rotatable bonds is 4. The second-order valence-electron chi connectivity index (χ2n) is 5.54. The summed E-state index contributed by atoms with van der Waals surface area (Å²) in [5.74, 6) is -0.0339. The molecule has 2 heterocycles. The molecule has 3 aromatic rings. The number of fused-ring (bicyclic) bond motifs is 1. The average Bonchev–Trinajstić information content (AvgIpc) is 3.04. The Labute approximate surface area is 141 Å². The van der Waals surface area contributed by atoms with Crippen LogP contribution >= 0.6 is 0 Å². The fraction of sp³-hybridized carbons (Fsp3) is 0.312. The Balaban J connectivity index is 1.94. The zero-order valence-corrected chi connectivity index (χ0v) is 13.8. The van der Waals surface area contributed by atoms with Crippen LogP contribution < -0.4 is 9.64 Å². The van der Waals surface area contributed by atoms with Crippen LogP contribution in [0.5, 0.6) is 5.75 Å². The molecular formula is C16H16F3N5O. The van der Waals surface area contributed by atoms with E-state index >= 15 is 0 Å². The fourth-order valence-corrected chi connectivity index (χ4v) is 2.45. The van der Waals surface area contributed by atoms with E-state index in [0.29, 0.717) is 10.3 Å². The molecule has 0 amide bonds. The molecule has 2 aromatic heterocycles. The van der Waals surface area contributed by atoms with E-state index in [2.05, 4.69) is 15.3 Å². The van der Waals surface area contributed by atoms with Crippen molar-refractivity contribution >= 4 is 11.5 Å². The van der Waals surface area contributed by atoms with E-state index in [-0.39, 0.29) is 11.7 Å². The number of benzene rings is 1. The second-order valence-corrected chi connectivity index (χ2v) is 5.54. The highest BCUT2D eigenvalue weighted by molar-refractivity contribution is 5.47. The Bertz CT molecular complexity index is 876. The fourth-order valence-electron chi connectivity index (χ4n) is 2.45. The number of methoxy groups -OCH3 is 1. The third-order valence-corrected chi connectivity index (χ3v) is 4.04. The maximum Gasteiger partial charge on any atom is 0.453 e. The molecule has 9 heteroatoms. The maximum absolute atomic E-state index is 13.0. The standard InChI is InChI=1S/C16H16F3N5O/c1-10(11-4-6-12(25-3)7-5-11)23(2)14-9-8-13-20-21-15(16(17,18)19)24(13)22-14/h4-10H,1-3H3. The smallest absolute Gasteiger partial charge is 0.453 e. The molecule has 3 rings (SSSR count). The molecule has 0 spiro atoms. The van der Waals surface area contributed by atoms with Crippen LogP contribution in [0.4, 0.5) is 19.0 Å².